The van der Waals surface area contributed by atoms with E-state index in [2.05, 4.69) is 39.4 Å². The minimum atomic E-state index is -0.128. The second kappa shape index (κ2) is 10.0. The van der Waals surface area contributed by atoms with Crippen molar-refractivity contribution in [3.8, 4) is 11.3 Å². The lowest BCUT2D eigenvalue weighted by Crippen LogP contribution is -2.13. The van der Waals surface area contributed by atoms with Crippen molar-refractivity contribution in [2.45, 2.75) is 33.6 Å². The molecule has 6 heteroatoms. The Hall–Kier alpha value is -4.06. The summed E-state index contributed by atoms with van der Waals surface area (Å²) < 4.78 is 0. The van der Waals surface area contributed by atoms with Crippen LogP contribution >= 0.6 is 0 Å². The number of nitrogens with one attached hydrogen (secondary N) is 2. The van der Waals surface area contributed by atoms with E-state index >= 15 is 0 Å². The average molecular weight is 438 g/mol. The minimum absolute atomic E-state index is 0.128. The van der Waals surface area contributed by atoms with Crippen molar-refractivity contribution < 1.29 is 4.79 Å². The van der Waals surface area contributed by atoms with Crippen LogP contribution in [0.15, 0.2) is 73.2 Å². The van der Waals surface area contributed by atoms with Crippen LogP contribution in [-0.4, -0.2) is 20.9 Å². The van der Waals surface area contributed by atoms with Crippen molar-refractivity contribution in [3.05, 3.63) is 95.4 Å². The molecule has 2 aromatic carbocycles. The summed E-state index contributed by atoms with van der Waals surface area (Å²) in [6.07, 6.45) is 7.08. The number of amides is 1. The molecule has 0 aliphatic carbocycles. The molecule has 166 valence electrons. The lowest BCUT2D eigenvalue weighted by atomic mass is 10.00. The molecule has 0 saturated carbocycles. The van der Waals surface area contributed by atoms with Gasteiger partial charge in [0.1, 0.15) is 0 Å². The van der Waals surface area contributed by atoms with Crippen molar-refractivity contribution in [2.75, 3.05) is 10.6 Å². The molecule has 4 rings (SSSR count). The molecule has 0 spiro atoms. The predicted molar refractivity (Wildman–Crippen MR) is 133 cm³/mol. The van der Waals surface area contributed by atoms with E-state index in [9.17, 15) is 4.79 Å². The number of nitrogens with zero attached hydrogens (tertiary/aromatic N) is 3. The van der Waals surface area contributed by atoms with Crippen molar-refractivity contribution in [1.82, 2.24) is 15.0 Å². The molecule has 4 aromatic rings. The molecule has 6 nitrogen and oxygen atoms in total. The Morgan fingerprint density at radius 1 is 0.939 bits per heavy atom. The van der Waals surface area contributed by atoms with Crippen LogP contribution in [0, 0.1) is 6.92 Å². The monoisotopic (exact) mass is 437 g/mol. The molecule has 0 fully saturated rings. The van der Waals surface area contributed by atoms with E-state index in [1.165, 1.54) is 11.1 Å². The highest BCUT2D eigenvalue weighted by molar-refractivity contribution is 6.04. The zero-order chi connectivity index (χ0) is 23.2. The van der Waals surface area contributed by atoms with Crippen LogP contribution in [0.3, 0.4) is 0 Å². The first kappa shape index (κ1) is 22.1. The zero-order valence-corrected chi connectivity index (χ0v) is 19.1. The molecule has 0 unspecified atom stereocenters. The molecular formula is C27H27N5O. The highest BCUT2D eigenvalue weighted by Crippen LogP contribution is 2.25. The molecule has 0 aliphatic rings. The molecule has 1 amide bonds. The molecule has 0 bridgehead atoms. The van der Waals surface area contributed by atoms with E-state index < -0.39 is 0 Å². The maximum Gasteiger partial charge on any atom is 0.255 e. The van der Waals surface area contributed by atoms with Gasteiger partial charge in [-0.2, -0.15) is 0 Å². The van der Waals surface area contributed by atoms with Gasteiger partial charge < -0.3 is 10.6 Å². The first-order valence-electron chi connectivity index (χ1n) is 11.1. The second-order valence-electron chi connectivity index (χ2n) is 7.81. The minimum Gasteiger partial charge on any atom is -0.324 e. The van der Waals surface area contributed by atoms with Crippen LogP contribution in [0.25, 0.3) is 11.3 Å². The number of aryl methyl sites for hydroxylation is 3. The van der Waals surface area contributed by atoms with Gasteiger partial charge in [-0.25, -0.2) is 9.97 Å². The lowest BCUT2D eigenvalue weighted by molar-refractivity contribution is 0.102. The summed E-state index contributed by atoms with van der Waals surface area (Å²) in [4.78, 5) is 26.0. The number of aromatic nitrogens is 3. The van der Waals surface area contributed by atoms with Gasteiger partial charge in [0.05, 0.1) is 5.69 Å². The highest BCUT2D eigenvalue weighted by atomic mass is 16.1. The van der Waals surface area contributed by atoms with E-state index in [4.69, 9.17) is 0 Å². The van der Waals surface area contributed by atoms with Gasteiger partial charge in [0.2, 0.25) is 5.95 Å². The van der Waals surface area contributed by atoms with Gasteiger partial charge >= 0.3 is 0 Å². The Bertz CT molecular complexity index is 1270. The van der Waals surface area contributed by atoms with Gasteiger partial charge in [-0.3, -0.25) is 9.78 Å². The maximum atomic E-state index is 12.9. The van der Waals surface area contributed by atoms with E-state index in [0.29, 0.717) is 17.2 Å². The first-order valence-corrected chi connectivity index (χ1v) is 11.1. The van der Waals surface area contributed by atoms with Gasteiger partial charge in [0.15, 0.2) is 0 Å². The summed E-state index contributed by atoms with van der Waals surface area (Å²) in [6.45, 7) is 6.24. The summed E-state index contributed by atoms with van der Waals surface area (Å²) in [5, 5.41) is 6.28. The second-order valence-corrected chi connectivity index (χ2v) is 7.81. The van der Waals surface area contributed by atoms with E-state index in [-0.39, 0.29) is 5.91 Å². The van der Waals surface area contributed by atoms with Crippen molar-refractivity contribution in [2.24, 2.45) is 0 Å². The van der Waals surface area contributed by atoms with Crippen molar-refractivity contribution >= 4 is 23.2 Å². The fourth-order valence-corrected chi connectivity index (χ4v) is 3.69. The maximum absolute atomic E-state index is 12.9. The van der Waals surface area contributed by atoms with Crippen LogP contribution in [0.5, 0.6) is 0 Å². The number of hydrogen-bond donors (Lipinski definition) is 2. The standard InChI is InChI=1S/C27H27N5O/c1-4-19-9-10-21(15-20(19)5-2)26(33)30-23-11-8-18(3)25(16-23)32-27-29-14-12-24(31-27)22-7-6-13-28-17-22/h6-17H,4-5H2,1-3H3,(H,30,33)(H,29,31,32). The van der Waals surface area contributed by atoms with E-state index in [0.717, 1.165) is 35.3 Å². The predicted octanol–water partition coefficient (Wildman–Crippen LogP) is 5.97. The number of anilines is 3. The summed E-state index contributed by atoms with van der Waals surface area (Å²) in [6, 6.07) is 17.3. The number of carbonyl (C=O) groups is 1. The molecule has 2 heterocycles. The molecule has 2 aromatic heterocycles. The molecule has 33 heavy (non-hydrogen) atoms. The molecule has 2 N–H and O–H groups in total. The van der Waals surface area contributed by atoms with Crippen LogP contribution in [-0.2, 0) is 12.8 Å². The van der Waals surface area contributed by atoms with Crippen molar-refractivity contribution in [3.63, 3.8) is 0 Å². The Morgan fingerprint density at radius 3 is 2.55 bits per heavy atom. The van der Waals surface area contributed by atoms with E-state index in [1.807, 2.05) is 61.5 Å². The van der Waals surface area contributed by atoms with E-state index in [1.54, 1.807) is 18.6 Å². The van der Waals surface area contributed by atoms with Gasteiger partial charge in [-0.1, -0.05) is 26.0 Å². The fourth-order valence-electron chi connectivity index (χ4n) is 3.69. The highest BCUT2D eigenvalue weighted by Gasteiger charge is 2.11. The number of benzene rings is 2. The Kier molecular flexibility index (Phi) is 6.74. The number of rotatable bonds is 7. The number of hydrogen-bond acceptors (Lipinski definition) is 5. The summed E-state index contributed by atoms with van der Waals surface area (Å²) in [5.41, 5.74) is 7.40. The lowest BCUT2D eigenvalue weighted by Gasteiger charge is -2.13. The molecule has 0 radical (unpaired) electrons. The Labute approximate surface area is 194 Å². The largest absolute Gasteiger partial charge is 0.324 e. The normalized spacial score (nSPS) is 10.6. The SMILES string of the molecule is CCc1ccc(C(=O)Nc2ccc(C)c(Nc3nccc(-c4cccnc4)n3)c2)cc1CC. The summed E-state index contributed by atoms with van der Waals surface area (Å²) >= 11 is 0. The van der Waals surface area contributed by atoms with Gasteiger partial charge in [0, 0.05) is 41.1 Å². The average Bonchev–Trinajstić information content (AvgIpc) is 2.86. The van der Waals surface area contributed by atoms with Crippen LogP contribution in [0.1, 0.15) is 40.9 Å². The molecular weight excluding hydrogens is 410 g/mol. The number of pyridine rings is 1. The molecule has 0 atom stereocenters. The molecule has 0 aliphatic heterocycles. The van der Waals surface area contributed by atoms with Crippen LogP contribution in [0.2, 0.25) is 0 Å². The van der Waals surface area contributed by atoms with Gasteiger partial charge in [-0.15, -0.1) is 0 Å². The quantitative estimate of drug-likeness (QED) is 0.372. The smallest absolute Gasteiger partial charge is 0.255 e. The van der Waals surface area contributed by atoms with Crippen molar-refractivity contribution in [1.29, 1.82) is 0 Å². The fraction of sp³-hybridized carbons (Fsp3) is 0.185. The third-order valence-electron chi connectivity index (χ3n) is 5.59. The third kappa shape index (κ3) is 5.23. The summed E-state index contributed by atoms with van der Waals surface area (Å²) in [7, 11) is 0. The summed E-state index contributed by atoms with van der Waals surface area (Å²) in [5.74, 6) is 0.350. The first-order chi connectivity index (χ1) is 16.1. The van der Waals surface area contributed by atoms with Gasteiger partial charge in [-0.05, 0) is 78.9 Å². The Morgan fingerprint density at radius 2 is 1.79 bits per heavy atom. The van der Waals surface area contributed by atoms with Crippen LogP contribution in [0.4, 0.5) is 17.3 Å². The molecule has 0 saturated heterocycles. The third-order valence-corrected chi connectivity index (χ3v) is 5.59. The zero-order valence-electron chi connectivity index (χ0n) is 19.1. The Balaban J connectivity index is 1.53. The number of carbonyl (C=O) groups excluding carboxylic acids is 1. The topological polar surface area (TPSA) is 79.8 Å². The van der Waals surface area contributed by atoms with Gasteiger partial charge in [0.25, 0.3) is 5.91 Å². The van der Waals surface area contributed by atoms with Crippen LogP contribution < -0.4 is 10.6 Å².